The van der Waals surface area contributed by atoms with Gasteiger partial charge in [-0.1, -0.05) is 23.4 Å². The Hall–Kier alpha value is -2.93. The van der Waals surface area contributed by atoms with Gasteiger partial charge in [-0.3, -0.25) is 9.69 Å². The van der Waals surface area contributed by atoms with Gasteiger partial charge in [0.1, 0.15) is 0 Å². The number of nitrogens with zero attached hydrogens (tertiary/aromatic N) is 5. The average molecular weight is 379 g/mol. The molecule has 4 rings (SSSR count). The Morgan fingerprint density at radius 1 is 1.14 bits per heavy atom. The number of hydrogen-bond acceptors (Lipinski definition) is 5. The third-order valence-corrected chi connectivity index (χ3v) is 5.07. The summed E-state index contributed by atoms with van der Waals surface area (Å²) < 4.78 is 7.13. The summed E-state index contributed by atoms with van der Waals surface area (Å²) in [5.74, 6) is 1.09. The molecular weight excluding hydrogens is 354 g/mol. The van der Waals surface area contributed by atoms with Crippen molar-refractivity contribution in [2.75, 3.05) is 26.2 Å². The summed E-state index contributed by atoms with van der Waals surface area (Å²) in [6.07, 6.45) is 5.07. The van der Waals surface area contributed by atoms with E-state index in [1.807, 2.05) is 65.3 Å². The van der Waals surface area contributed by atoms with Crippen molar-refractivity contribution in [2.24, 2.45) is 0 Å². The molecule has 0 atom stereocenters. The molecule has 1 fully saturated rings. The fraction of sp³-hybridized carbons (Fsp3) is 0.381. The second kappa shape index (κ2) is 8.39. The maximum absolute atomic E-state index is 12.6. The molecule has 1 aliphatic heterocycles. The number of benzene rings is 1. The van der Waals surface area contributed by atoms with E-state index in [-0.39, 0.29) is 5.91 Å². The highest BCUT2D eigenvalue weighted by atomic mass is 16.5. The third kappa shape index (κ3) is 4.48. The Bertz CT molecular complexity index is 910. The lowest BCUT2D eigenvalue weighted by atomic mass is 10.1. The van der Waals surface area contributed by atoms with Crippen LogP contribution in [0, 0.1) is 6.92 Å². The van der Waals surface area contributed by atoms with Crippen LogP contribution in [-0.4, -0.2) is 56.8 Å². The largest absolute Gasteiger partial charge is 0.360 e. The van der Waals surface area contributed by atoms with Crippen LogP contribution in [0.2, 0.25) is 0 Å². The molecule has 1 amide bonds. The lowest BCUT2D eigenvalue weighted by Gasteiger charge is -2.34. The second-order valence-corrected chi connectivity index (χ2v) is 7.22. The van der Waals surface area contributed by atoms with Crippen LogP contribution >= 0.6 is 0 Å². The Labute approximate surface area is 164 Å². The lowest BCUT2D eigenvalue weighted by molar-refractivity contribution is -0.133. The van der Waals surface area contributed by atoms with E-state index in [4.69, 9.17) is 4.52 Å². The van der Waals surface area contributed by atoms with E-state index < -0.39 is 0 Å². The zero-order chi connectivity index (χ0) is 19.3. The number of carbonyl (C=O) groups is 1. The number of aryl methyl sites for hydroxylation is 2. The van der Waals surface area contributed by atoms with Gasteiger partial charge >= 0.3 is 0 Å². The average Bonchev–Trinajstić information content (AvgIpc) is 3.36. The topological polar surface area (TPSA) is 67.4 Å². The van der Waals surface area contributed by atoms with Crippen LogP contribution in [0.3, 0.4) is 0 Å². The van der Waals surface area contributed by atoms with E-state index in [0.29, 0.717) is 12.8 Å². The van der Waals surface area contributed by atoms with Crippen molar-refractivity contribution in [3.05, 3.63) is 65.8 Å². The van der Waals surface area contributed by atoms with Gasteiger partial charge in [-0.05, 0) is 31.0 Å². The van der Waals surface area contributed by atoms with Crippen LogP contribution in [0.1, 0.15) is 23.4 Å². The summed E-state index contributed by atoms with van der Waals surface area (Å²) >= 11 is 0. The first kappa shape index (κ1) is 18.4. The molecule has 0 N–H and O–H groups in total. The van der Waals surface area contributed by atoms with Crippen LogP contribution < -0.4 is 0 Å². The fourth-order valence-corrected chi connectivity index (χ4v) is 3.49. The lowest BCUT2D eigenvalue weighted by Crippen LogP contribution is -2.48. The Kier molecular flexibility index (Phi) is 5.53. The molecule has 0 spiro atoms. The Balaban J connectivity index is 1.23. The summed E-state index contributed by atoms with van der Waals surface area (Å²) in [6.45, 7) is 5.91. The molecule has 0 unspecified atom stereocenters. The van der Waals surface area contributed by atoms with E-state index >= 15 is 0 Å². The maximum Gasteiger partial charge on any atom is 0.222 e. The Morgan fingerprint density at radius 3 is 2.64 bits per heavy atom. The quantitative estimate of drug-likeness (QED) is 0.658. The summed E-state index contributed by atoms with van der Waals surface area (Å²) in [7, 11) is 0. The van der Waals surface area contributed by atoms with Crippen molar-refractivity contribution < 1.29 is 9.32 Å². The minimum Gasteiger partial charge on any atom is -0.360 e. The summed E-state index contributed by atoms with van der Waals surface area (Å²) in [6, 6.07) is 12.0. The third-order valence-electron chi connectivity index (χ3n) is 5.07. The standard InChI is InChI=1S/C21H25N5O2/c1-17-13-20(28-23-17)16-24-9-11-25(12-10-24)21(27)8-7-18-14-22-26(15-18)19-5-3-2-4-6-19/h2-6,13-15H,7-12,16H2,1H3. The number of carbonyl (C=O) groups excluding carboxylic acids is 1. The highest BCUT2D eigenvalue weighted by Crippen LogP contribution is 2.13. The van der Waals surface area contributed by atoms with Gasteiger partial charge in [0.15, 0.2) is 5.76 Å². The van der Waals surface area contributed by atoms with E-state index in [2.05, 4.69) is 15.2 Å². The zero-order valence-electron chi connectivity index (χ0n) is 16.1. The second-order valence-electron chi connectivity index (χ2n) is 7.22. The van der Waals surface area contributed by atoms with Crippen LogP contribution in [0.25, 0.3) is 5.69 Å². The molecule has 0 saturated carbocycles. The molecule has 7 nitrogen and oxygen atoms in total. The molecule has 3 heterocycles. The van der Waals surface area contributed by atoms with Gasteiger partial charge < -0.3 is 9.42 Å². The van der Waals surface area contributed by atoms with E-state index in [0.717, 1.165) is 55.4 Å². The van der Waals surface area contributed by atoms with Gasteiger partial charge in [0.2, 0.25) is 5.91 Å². The molecule has 3 aromatic rings. The van der Waals surface area contributed by atoms with Gasteiger partial charge in [0.25, 0.3) is 0 Å². The van der Waals surface area contributed by atoms with Crippen molar-refractivity contribution >= 4 is 5.91 Å². The normalized spacial score (nSPS) is 15.1. The number of piperazine rings is 1. The molecule has 146 valence electrons. The van der Waals surface area contributed by atoms with E-state index in [1.165, 1.54) is 0 Å². The molecule has 2 aromatic heterocycles. The molecule has 7 heteroatoms. The van der Waals surface area contributed by atoms with E-state index in [9.17, 15) is 4.79 Å². The van der Waals surface area contributed by atoms with Crippen LogP contribution in [0.5, 0.6) is 0 Å². The summed E-state index contributed by atoms with van der Waals surface area (Å²) in [5.41, 5.74) is 3.01. The number of aromatic nitrogens is 3. The minimum absolute atomic E-state index is 0.211. The predicted molar refractivity (Wildman–Crippen MR) is 105 cm³/mol. The SMILES string of the molecule is Cc1cc(CN2CCN(C(=O)CCc3cnn(-c4ccccc4)c3)CC2)on1. The van der Waals surface area contributed by atoms with E-state index in [1.54, 1.807) is 0 Å². The molecule has 0 bridgehead atoms. The minimum atomic E-state index is 0.211. The predicted octanol–water partition coefficient (Wildman–Crippen LogP) is 2.45. The van der Waals surface area contributed by atoms with Crippen molar-refractivity contribution in [3.63, 3.8) is 0 Å². The molecule has 0 radical (unpaired) electrons. The molecule has 0 aliphatic carbocycles. The van der Waals surface area contributed by atoms with Crippen LogP contribution in [0.4, 0.5) is 0 Å². The highest BCUT2D eigenvalue weighted by Gasteiger charge is 2.21. The molecular formula is C21H25N5O2. The number of rotatable bonds is 6. The molecule has 28 heavy (non-hydrogen) atoms. The van der Waals surface area contributed by atoms with Crippen molar-refractivity contribution in [3.8, 4) is 5.69 Å². The van der Waals surface area contributed by atoms with Gasteiger partial charge in [-0.15, -0.1) is 0 Å². The van der Waals surface area contributed by atoms with Gasteiger partial charge in [-0.2, -0.15) is 5.10 Å². The molecule has 1 aromatic carbocycles. The highest BCUT2D eigenvalue weighted by molar-refractivity contribution is 5.76. The van der Waals surface area contributed by atoms with Crippen LogP contribution in [0.15, 0.2) is 53.3 Å². The summed E-state index contributed by atoms with van der Waals surface area (Å²) in [4.78, 5) is 16.8. The van der Waals surface area contributed by atoms with Gasteiger partial charge in [0.05, 0.1) is 24.1 Å². The number of para-hydroxylation sites is 1. The van der Waals surface area contributed by atoms with Gasteiger partial charge in [0, 0.05) is 44.9 Å². The van der Waals surface area contributed by atoms with Crippen LogP contribution in [-0.2, 0) is 17.8 Å². The first-order chi connectivity index (χ1) is 13.7. The smallest absolute Gasteiger partial charge is 0.222 e. The van der Waals surface area contributed by atoms with Crippen molar-refractivity contribution in [1.29, 1.82) is 0 Å². The molecule has 1 saturated heterocycles. The first-order valence-electron chi connectivity index (χ1n) is 9.69. The van der Waals surface area contributed by atoms with Gasteiger partial charge in [-0.25, -0.2) is 4.68 Å². The maximum atomic E-state index is 12.6. The zero-order valence-corrected chi connectivity index (χ0v) is 16.1. The summed E-state index contributed by atoms with van der Waals surface area (Å²) in [5, 5.41) is 8.33. The number of hydrogen-bond donors (Lipinski definition) is 0. The molecule has 1 aliphatic rings. The Morgan fingerprint density at radius 2 is 1.93 bits per heavy atom. The fourth-order valence-electron chi connectivity index (χ4n) is 3.49. The van der Waals surface area contributed by atoms with Crippen molar-refractivity contribution in [1.82, 2.24) is 24.7 Å². The monoisotopic (exact) mass is 379 g/mol. The number of amides is 1. The first-order valence-corrected chi connectivity index (χ1v) is 9.69. The van der Waals surface area contributed by atoms with Crippen molar-refractivity contribution in [2.45, 2.75) is 26.3 Å².